The van der Waals surface area contributed by atoms with Crippen molar-refractivity contribution in [2.24, 2.45) is 0 Å². The van der Waals surface area contributed by atoms with E-state index in [1.807, 2.05) is 6.92 Å². The van der Waals surface area contributed by atoms with E-state index in [0.717, 1.165) is 11.3 Å². The Kier molecular flexibility index (Phi) is 6.05. The number of carbonyl (C=O) groups is 1. The van der Waals surface area contributed by atoms with Crippen molar-refractivity contribution in [2.45, 2.75) is 20.3 Å². The van der Waals surface area contributed by atoms with Crippen LogP contribution in [0, 0.1) is 17.0 Å². The quantitative estimate of drug-likeness (QED) is 0.349. The van der Waals surface area contributed by atoms with Crippen LogP contribution < -0.4 is 10.6 Å². The zero-order valence-corrected chi connectivity index (χ0v) is 15.5. The number of carbonyl (C=O) groups excluding carboxylic acids is 1. The van der Waals surface area contributed by atoms with E-state index in [1.54, 1.807) is 19.1 Å². The molecule has 0 atom stereocenters. The van der Waals surface area contributed by atoms with Crippen molar-refractivity contribution in [1.82, 2.24) is 0 Å². The number of thiocarbonyl (C=S) groups is 1. The Morgan fingerprint density at radius 2 is 2.08 bits per heavy atom. The van der Waals surface area contributed by atoms with Gasteiger partial charge in [-0.05, 0) is 43.3 Å². The van der Waals surface area contributed by atoms with Crippen LogP contribution in [0.4, 0.5) is 16.4 Å². The van der Waals surface area contributed by atoms with E-state index in [4.69, 9.17) is 17.0 Å². The number of nitro benzene ring substituents is 1. The number of rotatable bonds is 5. The highest BCUT2D eigenvalue weighted by molar-refractivity contribution is 7.80. The summed E-state index contributed by atoms with van der Waals surface area (Å²) in [4.78, 5) is 23.2. The minimum absolute atomic E-state index is 0.0146. The van der Waals surface area contributed by atoms with E-state index < -0.39 is 10.9 Å². The summed E-state index contributed by atoms with van der Waals surface area (Å²) in [6.07, 6.45) is 0.790. The number of aryl methyl sites for hydroxylation is 2. The standard InChI is InChI=1S/C16H17N3O4S2/c1-4-11-8-12(15(20)23-3)14(25-11)18-16(24)17-13-6-5-10(19(21)22)7-9(13)2/h5-8H,4H2,1-3H3,(H2,17,18,24). The maximum Gasteiger partial charge on any atom is 0.340 e. The molecular weight excluding hydrogens is 362 g/mol. The zero-order valence-electron chi connectivity index (χ0n) is 13.9. The maximum absolute atomic E-state index is 11.9. The van der Waals surface area contributed by atoms with Gasteiger partial charge in [0.05, 0.1) is 17.6 Å². The Morgan fingerprint density at radius 3 is 2.64 bits per heavy atom. The average Bonchev–Trinajstić information content (AvgIpc) is 2.98. The third-order valence-electron chi connectivity index (χ3n) is 3.43. The minimum Gasteiger partial charge on any atom is -0.465 e. The second-order valence-electron chi connectivity index (χ2n) is 5.14. The molecule has 2 aromatic rings. The predicted molar refractivity (Wildman–Crippen MR) is 103 cm³/mol. The number of thiophene rings is 1. The Morgan fingerprint density at radius 1 is 1.36 bits per heavy atom. The van der Waals surface area contributed by atoms with Gasteiger partial charge in [0.2, 0.25) is 0 Å². The smallest absolute Gasteiger partial charge is 0.340 e. The summed E-state index contributed by atoms with van der Waals surface area (Å²) < 4.78 is 4.79. The Balaban J connectivity index is 2.17. The highest BCUT2D eigenvalue weighted by Gasteiger charge is 2.17. The number of benzene rings is 1. The van der Waals surface area contributed by atoms with Gasteiger partial charge in [0.15, 0.2) is 5.11 Å². The van der Waals surface area contributed by atoms with Crippen LogP contribution >= 0.6 is 23.6 Å². The zero-order chi connectivity index (χ0) is 18.6. The van der Waals surface area contributed by atoms with Gasteiger partial charge >= 0.3 is 5.97 Å². The van der Waals surface area contributed by atoms with Gasteiger partial charge in [-0.2, -0.15) is 0 Å². The summed E-state index contributed by atoms with van der Waals surface area (Å²) in [5, 5.41) is 17.7. The number of hydrogen-bond acceptors (Lipinski definition) is 6. The first-order valence-electron chi connectivity index (χ1n) is 7.39. The van der Waals surface area contributed by atoms with Gasteiger partial charge in [0, 0.05) is 22.7 Å². The number of non-ortho nitro benzene ring substituents is 1. The average molecular weight is 379 g/mol. The van der Waals surface area contributed by atoms with Crippen LogP contribution in [0.15, 0.2) is 24.3 Å². The highest BCUT2D eigenvalue weighted by Crippen LogP contribution is 2.29. The molecule has 2 N–H and O–H groups in total. The van der Waals surface area contributed by atoms with Gasteiger partial charge in [-0.3, -0.25) is 10.1 Å². The van der Waals surface area contributed by atoms with Crippen LogP contribution in [0.3, 0.4) is 0 Å². The number of anilines is 2. The van der Waals surface area contributed by atoms with Crippen LogP contribution in [0.25, 0.3) is 0 Å². The van der Waals surface area contributed by atoms with Gasteiger partial charge in [0.25, 0.3) is 5.69 Å². The van der Waals surface area contributed by atoms with Crippen molar-refractivity contribution in [1.29, 1.82) is 0 Å². The normalized spacial score (nSPS) is 10.2. The number of nitrogens with zero attached hydrogens (tertiary/aromatic N) is 1. The van der Waals surface area contributed by atoms with Crippen LogP contribution in [-0.4, -0.2) is 23.1 Å². The molecular formula is C16H17N3O4S2. The van der Waals surface area contributed by atoms with Crippen molar-refractivity contribution < 1.29 is 14.5 Å². The summed E-state index contributed by atoms with van der Waals surface area (Å²) in [6.45, 7) is 3.74. The van der Waals surface area contributed by atoms with Crippen LogP contribution in [0.2, 0.25) is 0 Å². The van der Waals surface area contributed by atoms with E-state index in [2.05, 4.69) is 10.6 Å². The highest BCUT2D eigenvalue weighted by atomic mass is 32.1. The van der Waals surface area contributed by atoms with Crippen LogP contribution in [-0.2, 0) is 11.2 Å². The first kappa shape index (κ1) is 18.8. The predicted octanol–water partition coefficient (Wildman–Crippen LogP) is 4.12. The topological polar surface area (TPSA) is 93.5 Å². The lowest BCUT2D eigenvalue weighted by atomic mass is 10.2. The lowest BCUT2D eigenvalue weighted by Crippen LogP contribution is -2.20. The van der Waals surface area contributed by atoms with E-state index in [1.165, 1.54) is 30.6 Å². The molecule has 0 aliphatic carbocycles. The molecule has 0 spiro atoms. The molecule has 0 aliphatic rings. The molecule has 2 rings (SSSR count). The molecule has 132 valence electrons. The van der Waals surface area contributed by atoms with Gasteiger partial charge in [-0.15, -0.1) is 11.3 Å². The fourth-order valence-electron chi connectivity index (χ4n) is 2.13. The third-order valence-corrected chi connectivity index (χ3v) is 4.83. The van der Waals surface area contributed by atoms with Crippen LogP contribution in [0.1, 0.15) is 27.7 Å². The van der Waals surface area contributed by atoms with E-state index in [9.17, 15) is 14.9 Å². The molecule has 0 saturated carbocycles. The molecule has 0 saturated heterocycles. The van der Waals surface area contributed by atoms with E-state index in [-0.39, 0.29) is 10.8 Å². The molecule has 0 bridgehead atoms. The second-order valence-corrected chi connectivity index (χ2v) is 6.68. The van der Waals surface area contributed by atoms with E-state index in [0.29, 0.717) is 21.8 Å². The number of esters is 1. The SMILES string of the molecule is CCc1cc(C(=O)OC)c(NC(=S)Nc2ccc([N+](=O)[O-])cc2C)s1. The van der Waals surface area contributed by atoms with Gasteiger partial charge in [-0.1, -0.05) is 6.92 Å². The van der Waals surface area contributed by atoms with Crippen LogP contribution in [0.5, 0.6) is 0 Å². The first-order valence-corrected chi connectivity index (χ1v) is 8.62. The molecule has 0 radical (unpaired) electrons. The molecule has 25 heavy (non-hydrogen) atoms. The Bertz CT molecular complexity index is 833. The molecule has 9 heteroatoms. The van der Waals surface area contributed by atoms with Crippen molar-refractivity contribution in [3.8, 4) is 0 Å². The molecule has 0 fully saturated rings. The molecule has 1 aromatic carbocycles. The summed E-state index contributed by atoms with van der Waals surface area (Å²) in [6, 6.07) is 6.23. The van der Waals surface area contributed by atoms with Gasteiger partial charge in [0.1, 0.15) is 5.00 Å². The maximum atomic E-state index is 11.9. The molecule has 0 unspecified atom stereocenters. The first-order chi connectivity index (χ1) is 11.8. The summed E-state index contributed by atoms with van der Waals surface area (Å²) in [5.41, 5.74) is 1.77. The minimum atomic E-state index is -0.450. The molecule has 0 aliphatic heterocycles. The molecule has 0 amide bonds. The van der Waals surface area contributed by atoms with Crippen molar-refractivity contribution in [3.63, 3.8) is 0 Å². The number of hydrogen-bond donors (Lipinski definition) is 2. The van der Waals surface area contributed by atoms with Gasteiger partial charge < -0.3 is 15.4 Å². The number of nitrogens with one attached hydrogen (secondary N) is 2. The summed E-state index contributed by atoms with van der Waals surface area (Å²) in [7, 11) is 1.33. The largest absolute Gasteiger partial charge is 0.465 e. The van der Waals surface area contributed by atoms with Crippen molar-refractivity contribution in [2.75, 3.05) is 17.7 Å². The number of nitro groups is 1. The number of ether oxygens (including phenoxy) is 1. The van der Waals surface area contributed by atoms with Gasteiger partial charge in [-0.25, -0.2) is 4.79 Å². The Labute approximate surface area is 154 Å². The lowest BCUT2D eigenvalue weighted by molar-refractivity contribution is -0.384. The van der Waals surface area contributed by atoms with Crippen molar-refractivity contribution in [3.05, 3.63) is 50.4 Å². The molecule has 1 heterocycles. The summed E-state index contributed by atoms with van der Waals surface area (Å²) in [5.74, 6) is -0.437. The molecule has 7 nitrogen and oxygen atoms in total. The molecule has 1 aromatic heterocycles. The van der Waals surface area contributed by atoms with E-state index >= 15 is 0 Å². The van der Waals surface area contributed by atoms with Crippen molar-refractivity contribution >= 4 is 51.0 Å². The monoisotopic (exact) mass is 379 g/mol. The second kappa shape index (κ2) is 8.04. The fourth-order valence-corrected chi connectivity index (χ4v) is 3.39. The lowest BCUT2D eigenvalue weighted by Gasteiger charge is -2.12. The summed E-state index contributed by atoms with van der Waals surface area (Å²) >= 11 is 6.71. The fraction of sp³-hybridized carbons (Fsp3) is 0.250. The number of methoxy groups -OCH3 is 1. The Hall–Kier alpha value is -2.52. The third kappa shape index (κ3) is 4.52.